The van der Waals surface area contributed by atoms with Gasteiger partial charge in [-0.05, 0) is 96.4 Å². The predicted molar refractivity (Wildman–Crippen MR) is 112 cm³/mol. The number of unbranched alkanes of at least 4 members (excludes halogenated alkanes) is 1. The molecule has 146 valence electrons. The fourth-order valence-corrected chi connectivity index (χ4v) is 4.37. The molecule has 0 amide bonds. The smallest absolute Gasteiger partial charge is 0.0604 e. The Hall–Kier alpha value is -1.78. The highest BCUT2D eigenvalue weighted by Gasteiger charge is 2.34. The molecule has 1 aliphatic rings. The molecule has 0 saturated carbocycles. The Morgan fingerprint density at radius 2 is 1.48 bits per heavy atom. The summed E-state index contributed by atoms with van der Waals surface area (Å²) in [6, 6.07) is 9.27. The van der Waals surface area contributed by atoms with Crippen molar-refractivity contribution < 1.29 is 0 Å². The first-order chi connectivity index (χ1) is 13.1. The number of piperidine rings is 1. The first kappa shape index (κ1) is 20.0. The topological polar surface area (TPSA) is 32.3 Å². The molecule has 0 bridgehead atoms. The van der Waals surface area contributed by atoms with Gasteiger partial charge in [-0.1, -0.05) is 12.1 Å². The van der Waals surface area contributed by atoms with E-state index in [1.807, 2.05) is 24.5 Å². The van der Waals surface area contributed by atoms with Crippen LogP contribution in [0.1, 0.15) is 66.7 Å². The third-order valence-corrected chi connectivity index (χ3v) is 5.76. The van der Waals surface area contributed by atoms with Crippen LogP contribution in [-0.2, 0) is 0 Å². The van der Waals surface area contributed by atoms with Gasteiger partial charge in [0.15, 0.2) is 0 Å². The highest BCUT2D eigenvalue weighted by molar-refractivity contribution is 5.25. The summed E-state index contributed by atoms with van der Waals surface area (Å²) in [6.45, 7) is 6.65. The number of pyridine rings is 2. The molecular formula is C23H34N4. The van der Waals surface area contributed by atoms with E-state index in [0.717, 1.165) is 13.1 Å². The van der Waals surface area contributed by atoms with Crippen LogP contribution in [0.3, 0.4) is 0 Å². The molecule has 3 heterocycles. The van der Waals surface area contributed by atoms with Crippen molar-refractivity contribution in [2.75, 3.05) is 27.2 Å². The van der Waals surface area contributed by atoms with E-state index in [4.69, 9.17) is 9.97 Å². The Balaban J connectivity index is 1.87. The van der Waals surface area contributed by atoms with E-state index in [-0.39, 0.29) is 0 Å². The van der Waals surface area contributed by atoms with Crippen molar-refractivity contribution >= 4 is 0 Å². The monoisotopic (exact) mass is 366 g/mol. The van der Waals surface area contributed by atoms with Crippen molar-refractivity contribution in [3.63, 3.8) is 0 Å². The summed E-state index contributed by atoms with van der Waals surface area (Å²) in [6.07, 6.45) is 9.94. The van der Waals surface area contributed by atoms with Crippen LogP contribution in [0.2, 0.25) is 0 Å². The maximum atomic E-state index is 4.79. The third-order valence-electron chi connectivity index (χ3n) is 5.76. The summed E-state index contributed by atoms with van der Waals surface area (Å²) < 4.78 is 0. The molecule has 0 aliphatic carbocycles. The molecule has 1 fully saturated rings. The van der Waals surface area contributed by atoms with Gasteiger partial charge in [0.2, 0.25) is 0 Å². The Labute approximate surface area is 164 Å². The minimum Gasteiger partial charge on any atom is -0.309 e. The maximum Gasteiger partial charge on any atom is 0.0604 e. The maximum absolute atomic E-state index is 4.79. The minimum atomic E-state index is 0.394. The Bertz CT molecular complexity index is 674. The van der Waals surface area contributed by atoms with Gasteiger partial charge < -0.3 is 4.90 Å². The number of nitrogens with zero attached hydrogens (tertiary/aromatic N) is 4. The van der Waals surface area contributed by atoms with Crippen LogP contribution in [0.5, 0.6) is 0 Å². The van der Waals surface area contributed by atoms with Gasteiger partial charge in [0, 0.05) is 12.4 Å². The predicted octanol–water partition coefficient (Wildman–Crippen LogP) is 4.70. The van der Waals surface area contributed by atoms with E-state index in [9.17, 15) is 0 Å². The molecule has 0 spiro atoms. The summed E-state index contributed by atoms with van der Waals surface area (Å²) in [4.78, 5) is 14.6. The van der Waals surface area contributed by atoms with Gasteiger partial charge in [-0.2, -0.15) is 0 Å². The van der Waals surface area contributed by atoms with Gasteiger partial charge in [-0.3, -0.25) is 14.9 Å². The molecule has 4 heteroatoms. The molecule has 1 aliphatic heterocycles. The average molecular weight is 367 g/mol. The lowest BCUT2D eigenvalue weighted by Crippen LogP contribution is -2.38. The second-order valence-corrected chi connectivity index (χ2v) is 8.12. The van der Waals surface area contributed by atoms with Crippen LogP contribution in [0.15, 0.2) is 36.7 Å². The molecule has 2 aromatic rings. The summed E-state index contributed by atoms with van der Waals surface area (Å²) in [5.41, 5.74) is 5.12. The molecule has 1 saturated heterocycles. The normalized spacial score (nSPS) is 20.9. The lowest BCUT2D eigenvalue weighted by Gasteiger charge is -2.42. The van der Waals surface area contributed by atoms with Crippen molar-refractivity contribution in [3.8, 4) is 0 Å². The van der Waals surface area contributed by atoms with Gasteiger partial charge >= 0.3 is 0 Å². The molecule has 3 rings (SSSR count). The second kappa shape index (κ2) is 9.43. The molecule has 2 atom stereocenters. The summed E-state index contributed by atoms with van der Waals surface area (Å²) in [5.74, 6) is 0. The van der Waals surface area contributed by atoms with Crippen LogP contribution >= 0.6 is 0 Å². The molecule has 0 N–H and O–H groups in total. The van der Waals surface area contributed by atoms with Crippen molar-refractivity contribution in [1.29, 1.82) is 0 Å². The molecule has 2 aromatic heterocycles. The quantitative estimate of drug-likeness (QED) is 0.665. The van der Waals surface area contributed by atoms with Crippen LogP contribution < -0.4 is 0 Å². The summed E-state index contributed by atoms with van der Waals surface area (Å²) in [5, 5.41) is 0. The first-order valence-electron chi connectivity index (χ1n) is 10.3. The van der Waals surface area contributed by atoms with Gasteiger partial charge in [0.25, 0.3) is 0 Å². The molecule has 0 unspecified atom stereocenters. The molecular weight excluding hydrogens is 332 g/mol. The van der Waals surface area contributed by atoms with E-state index >= 15 is 0 Å². The zero-order valence-electron chi connectivity index (χ0n) is 17.4. The Kier molecular flexibility index (Phi) is 6.97. The zero-order valence-corrected chi connectivity index (χ0v) is 17.4. The molecule has 27 heavy (non-hydrogen) atoms. The fourth-order valence-electron chi connectivity index (χ4n) is 4.37. The minimum absolute atomic E-state index is 0.394. The largest absolute Gasteiger partial charge is 0.309 e. The molecule has 0 radical (unpaired) electrons. The van der Waals surface area contributed by atoms with Crippen LogP contribution in [0.25, 0.3) is 0 Å². The van der Waals surface area contributed by atoms with Crippen molar-refractivity contribution in [3.05, 3.63) is 59.2 Å². The van der Waals surface area contributed by atoms with E-state index in [0.29, 0.717) is 12.1 Å². The second-order valence-electron chi connectivity index (χ2n) is 8.12. The van der Waals surface area contributed by atoms with E-state index in [2.05, 4.69) is 49.9 Å². The molecule has 4 nitrogen and oxygen atoms in total. The summed E-state index contributed by atoms with van der Waals surface area (Å²) in [7, 11) is 4.31. The number of likely N-dealkylation sites (tertiary alicyclic amines) is 1. The lowest BCUT2D eigenvalue weighted by molar-refractivity contribution is 0.0736. The van der Waals surface area contributed by atoms with Gasteiger partial charge in [0.05, 0.1) is 23.5 Å². The van der Waals surface area contributed by atoms with Crippen LogP contribution in [0, 0.1) is 13.8 Å². The highest BCUT2D eigenvalue weighted by atomic mass is 15.2. The number of hydrogen-bond acceptors (Lipinski definition) is 4. The Morgan fingerprint density at radius 1 is 0.926 bits per heavy atom. The number of aromatic nitrogens is 2. The third kappa shape index (κ3) is 4.94. The van der Waals surface area contributed by atoms with Gasteiger partial charge in [-0.25, -0.2) is 0 Å². The van der Waals surface area contributed by atoms with Gasteiger partial charge in [-0.15, -0.1) is 0 Å². The lowest BCUT2D eigenvalue weighted by atomic mass is 9.88. The number of aryl methyl sites for hydroxylation is 2. The SMILES string of the molecule is Cc1cccnc1[C@H]1CCC[C@@H](c2ncccc2C)N1CCCCN(C)C. The Morgan fingerprint density at radius 3 is 1.96 bits per heavy atom. The van der Waals surface area contributed by atoms with E-state index in [1.165, 1.54) is 54.6 Å². The van der Waals surface area contributed by atoms with Crippen molar-refractivity contribution in [1.82, 2.24) is 19.8 Å². The zero-order chi connectivity index (χ0) is 19.2. The van der Waals surface area contributed by atoms with Crippen molar-refractivity contribution in [2.45, 2.75) is 58.0 Å². The standard InChI is InChI=1S/C23H34N4/c1-18-10-8-14-24-22(18)20-12-7-13-21(23-19(2)11-9-15-25-23)27(20)17-6-5-16-26(3)4/h8-11,14-15,20-21H,5-7,12-13,16-17H2,1-4H3/t20-,21+. The first-order valence-corrected chi connectivity index (χ1v) is 10.3. The van der Waals surface area contributed by atoms with Crippen molar-refractivity contribution in [2.24, 2.45) is 0 Å². The van der Waals surface area contributed by atoms with E-state index in [1.54, 1.807) is 0 Å². The molecule has 0 aromatic carbocycles. The van der Waals surface area contributed by atoms with Gasteiger partial charge in [0.1, 0.15) is 0 Å². The summed E-state index contributed by atoms with van der Waals surface area (Å²) >= 11 is 0. The number of hydrogen-bond donors (Lipinski definition) is 0. The van der Waals surface area contributed by atoms with Crippen LogP contribution in [0.4, 0.5) is 0 Å². The average Bonchev–Trinajstić information content (AvgIpc) is 2.66. The van der Waals surface area contributed by atoms with Crippen LogP contribution in [-0.4, -0.2) is 47.0 Å². The fraction of sp³-hybridized carbons (Fsp3) is 0.565. The van der Waals surface area contributed by atoms with E-state index < -0.39 is 0 Å². The highest BCUT2D eigenvalue weighted by Crippen LogP contribution is 2.42. The number of rotatable bonds is 7.